The van der Waals surface area contributed by atoms with Crippen LogP contribution in [0.1, 0.15) is 26.7 Å². The number of nitrogens with zero attached hydrogens (tertiary/aromatic N) is 3. The molecule has 0 spiro atoms. The quantitative estimate of drug-likeness (QED) is 0.747. The number of aliphatic hydroxyl groups excluding tert-OH is 1. The topological polar surface area (TPSA) is 89.4 Å². The number of hydrogen-bond donors (Lipinski definition) is 2. The first-order chi connectivity index (χ1) is 8.62. The number of anilines is 1. The first-order valence-corrected chi connectivity index (χ1v) is 5.86. The van der Waals surface area contributed by atoms with E-state index in [1.165, 1.54) is 14.2 Å². The molecule has 0 aliphatic rings. The van der Waals surface area contributed by atoms with Gasteiger partial charge in [0.1, 0.15) is 0 Å². The largest absolute Gasteiger partial charge is 0.467 e. The van der Waals surface area contributed by atoms with Crippen LogP contribution < -0.4 is 14.8 Å². The molecule has 0 radical (unpaired) electrons. The van der Waals surface area contributed by atoms with Crippen molar-refractivity contribution in [1.82, 2.24) is 15.0 Å². The van der Waals surface area contributed by atoms with Crippen molar-refractivity contribution >= 4 is 5.95 Å². The third kappa shape index (κ3) is 3.19. The zero-order valence-electron chi connectivity index (χ0n) is 11.2. The van der Waals surface area contributed by atoms with E-state index in [4.69, 9.17) is 9.47 Å². The first kappa shape index (κ1) is 14.4. The number of hydrogen-bond acceptors (Lipinski definition) is 7. The summed E-state index contributed by atoms with van der Waals surface area (Å²) in [5.74, 6) is 0.330. The normalized spacial score (nSPS) is 11.2. The molecule has 0 saturated heterocycles. The van der Waals surface area contributed by atoms with Gasteiger partial charge in [0.05, 0.1) is 26.4 Å². The molecule has 1 aromatic rings. The highest BCUT2D eigenvalue weighted by Gasteiger charge is 2.26. The molecule has 0 fully saturated rings. The SMILES string of the molecule is CCC(CC)(CO)Nc1nc(OC)nc(OC)n1. The Morgan fingerprint density at radius 1 is 1.06 bits per heavy atom. The van der Waals surface area contributed by atoms with Crippen LogP contribution in [0.25, 0.3) is 0 Å². The van der Waals surface area contributed by atoms with Crippen LogP contribution in [-0.4, -0.2) is 46.4 Å². The molecule has 2 N–H and O–H groups in total. The summed E-state index contributed by atoms with van der Waals surface area (Å²) in [5, 5.41) is 12.6. The second-order valence-corrected chi connectivity index (χ2v) is 3.90. The Balaban J connectivity index is 3.01. The molecule has 102 valence electrons. The molecule has 18 heavy (non-hydrogen) atoms. The molecule has 0 saturated carbocycles. The highest BCUT2D eigenvalue weighted by molar-refractivity contribution is 5.32. The van der Waals surface area contributed by atoms with Crippen molar-refractivity contribution in [3.8, 4) is 12.0 Å². The number of aliphatic hydroxyl groups is 1. The van der Waals surface area contributed by atoms with Crippen LogP contribution in [-0.2, 0) is 0 Å². The lowest BCUT2D eigenvalue weighted by Crippen LogP contribution is -2.41. The second-order valence-electron chi connectivity index (χ2n) is 3.90. The molecule has 1 aromatic heterocycles. The molecule has 0 bridgehead atoms. The van der Waals surface area contributed by atoms with Crippen LogP contribution in [0, 0.1) is 0 Å². The molecular weight excluding hydrogens is 236 g/mol. The minimum atomic E-state index is -0.447. The molecule has 0 aliphatic carbocycles. The van der Waals surface area contributed by atoms with E-state index in [1.807, 2.05) is 13.8 Å². The van der Waals surface area contributed by atoms with E-state index in [0.29, 0.717) is 5.95 Å². The Morgan fingerprint density at radius 2 is 1.56 bits per heavy atom. The van der Waals surface area contributed by atoms with Gasteiger partial charge in [-0.05, 0) is 12.8 Å². The van der Waals surface area contributed by atoms with Crippen LogP contribution in [0.15, 0.2) is 0 Å². The summed E-state index contributed by atoms with van der Waals surface area (Å²) in [6.07, 6.45) is 1.49. The van der Waals surface area contributed by atoms with E-state index in [0.717, 1.165) is 12.8 Å². The van der Waals surface area contributed by atoms with E-state index < -0.39 is 5.54 Å². The minimum absolute atomic E-state index is 0.00366. The molecule has 0 atom stereocenters. The summed E-state index contributed by atoms with van der Waals surface area (Å²) in [5.41, 5.74) is -0.447. The number of rotatable bonds is 7. The Kier molecular flexibility index (Phi) is 5.08. The van der Waals surface area contributed by atoms with E-state index in [9.17, 15) is 5.11 Å². The van der Waals surface area contributed by atoms with Gasteiger partial charge < -0.3 is 19.9 Å². The summed E-state index contributed by atoms with van der Waals surface area (Å²) in [6.45, 7) is 3.97. The van der Waals surface area contributed by atoms with Crippen LogP contribution >= 0.6 is 0 Å². The van der Waals surface area contributed by atoms with Crippen molar-refractivity contribution in [2.24, 2.45) is 0 Å². The van der Waals surface area contributed by atoms with Gasteiger partial charge in [-0.15, -0.1) is 4.98 Å². The van der Waals surface area contributed by atoms with Gasteiger partial charge in [0, 0.05) is 0 Å². The van der Waals surface area contributed by atoms with Gasteiger partial charge in [0.25, 0.3) is 0 Å². The van der Waals surface area contributed by atoms with Crippen LogP contribution in [0.3, 0.4) is 0 Å². The van der Waals surface area contributed by atoms with Crippen LogP contribution in [0.4, 0.5) is 5.95 Å². The van der Waals surface area contributed by atoms with Crippen molar-refractivity contribution in [2.45, 2.75) is 32.2 Å². The highest BCUT2D eigenvalue weighted by atomic mass is 16.5. The van der Waals surface area contributed by atoms with Crippen molar-refractivity contribution in [3.63, 3.8) is 0 Å². The maximum Gasteiger partial charge on any atom is 0.324 e. The standard InChI is InChI=1S/C11H20N4O3/c1-5-11(6-2,7-16)15-8-12-9(17-3)14-10(13-8)18-4/h16H,5-7H2,1-4H3,(H,12,13,14,15). The van der Waals surface area contributed by atoms with E-state index >= 15 is 0 Å². The smallest absolute Gasteiger partial charge is 0.324 e. The number of ether oxygens (including phenoxy) is 2. The maximum absolute atomic E-state index is 9.49. The molecule has 7 nitrogen and oxygen atoms in total. The van der Waals surface area contributed by atoms with Gasteiger partial charge in [-0.1, -0.05) is 13.8 Å². The zero-order valence-corrected chi connectivity index (χ0v) is 11.2. The van der Waals surface area contributed by atoms with Crippen LogP contribution in [0.2, 0.25) is 0 Å². The lowest BCUT2D eigenvalue weighted by molar-refractivity contribution is 0.201. The van der Waals surface area contributed by atoms with E-state index in [-0.39, 0.29) is 18.6 Å². The van der Waals surface area contributed by atoms with Gasteiger partial charge in [-0.2, -0.15) is 9.97 Å². The second kappa shape index (κ2) is 6.34. The Hall–Kier alpha value is -1.63. The summed E-state index contributed by atoms with van der Waals surface area (Å²) in [4.78, 5) is 12.1. The average molecular weight is 256 g/mol. The molecule has 1 heterocycles. The summed E-state index contributed by atoms with van der Waals surface area (Å²) in [6, 6.07) is 0.340. The number of methoxy groups -OCH3 is 2. The van der Waals surface area contributed by atoms with Crippen LogP contribution in [0.5, 0.6) is 12.0 Å². The van der Waals surface area contributed by atoms with Gasteiger partial charge in [-0.25, -0.2) is 0 Å². The van der Waals surface area contributed by atoms with E-state index in [2.05, 4.69) is 20.3 Å². The van der Waals surface area contributed by atoms with Crippen molar-refractivity contribution in [1.29, 1.82) is 0 Å². The highest BCUT2D eigenvalue weighted by Crippen LogP contribution is 2.21. The van der Waals surface area contributed by atoms with Crippen molar-refractivity contribution in [2.75, 3.05) is 26.1 Å². The van der Waals surface area contributed by atoms with Crippen molar-refractivity contribution in [3.05, 3.63) is 0 Å². The Bertz CT molecular complexity index is 352. The molecule has 1 rings (SSSR count). The predicted molar refractivity (Wildman–Crippen MR) is 67.0 cm³/mol. The Morgan fingerprint density at radius 3 is 1.89 bits per heavy atom. The number of nitrogens with one attached hydrogen (secondary N) is 1. The lowest BCUT2D eigenvalue weighted by atomic mass is 9.94. The zero-order chi connectivity index (χ0) is 13.6. The molecule has 0 unspecified atom stereocenters. The van der Waals surface area contributed by atoms with Crippen molar-refractivity contribution < 1.29 is 14.6 Å². The fourth-order valence-electron chi connectivity index (χ4n) is 1.50. The third-order valence-electron chi connectivity index (χ3n) is 2.99. The fourth-order valence-corrected chi connectivity index (χ4v) is 1.50. The monoisotopic (exact) mass is 256 g/mol. The molecule has 7 heteroatoms. The average Bonchev–Trinajstić information content (AvgIpc) is 2.44. The molecule has 0 aromatic carbocycles. The lowest BCUT2D eigenvalue weighted by Gasteiger charge is -2.30. The summed E-state index contributed by atoms with van der Waals surface area (Å²) >= 11 is 0. The minimum Gasteiger partial charge on any atom is -0.467 e. The fraction of sp³-hybridized carbons (Fsp3) is 0.727. The van der Waals surface area contributed by atoms with Gasteiger partial charge in [-0.3, -0.25) is 0 Å². The van der Waals surface area contributed by atoms with Gasteiger partial charge in [0.15, 0.2) is 0 Å². The molecular formula is C11H20N4O3. The van der Waals surface area contributed by atoms with E-state index in [1.54, 1.807) is 0 Å². The summed E-state index contributed by atoms with van der Waals surface area (Å²) in [7, 11) is 2.94. The third-order valence-corrected chi connectivity index (χ3v) is 2.99. The molecule has 0 aliphatic heterocycles. The Labute approximate surface area is 107 Å². The maximum atomic E-state index is 9.49. The summed E-state index contributed by atoms with van der Waals surface area (Å²) < 4.78 is 9.94. The van der Waals surface area contributed by atoms with Gasteiger partial charge >= 0.3 is 12.0 Å². The van der Waals surface area contributed by atoms with Gasteiger partial charge in [0.2, 0.25) is 5.95 Å². The first-order valence-electron chi connectivity index (χ1n) is 5.86. The number of aromatic nitrogens is 3. The predicted octanol–water partition coefficient (Wildman–Crippen LogP) is 0.852. The molecule has 0 amide bonds.